The van der Waals surface area contributed by atoms with Gasteiger partial charge in [-0.05, 0) is 6.92 Å². The third-order valence-corrected chi connectivity index (χ3v) is 4.95. The molecule has 7 atom stereocenters. The van der Waals surface area contributed by atoms with Gasteiger partial charge in [0.15, 0.2) is 6.10 Å². The molecule has 2 rings (SSSR count). The number of aliphatic hydroxyl groups excluding tert-OH is 5. The van der Waals surface area contributed by atoms with Crippen LogP contribution in [-0.2, 0) is 4.74 Å². The molecule has 0 saturated carbocycles. The molecule has 0 spiro atoms. The molecule has 0 amide bonds. The standard InChI is InChI=1S/C14H26N2O6/c1-6-14(2,3)12(21)8(22-6)4-15-13-11(20)10(19)9(18)7(5-17)16-13/h6-12,17-21H,4-5H2,1-3H3,(H,15,16)/p+1. The van der Waals surface area contributed by atoms with Crippen LogP contribution in [0.1, 0.15) is 20.8 Å². The SMILES string of the molecule is CC1OC(C[NH+]=C2NC(CO)C(O)C(O)C2O)C(O)C1(C)C. The van der Waals surface area contributed by atoms with Crippen LogP contribution in [0.2, 0.25) is 0 Å². The smallest absolute Gasteiger partial charge is 0.275 e. The number of hydrogen-bond acceptors (Lipinski definition) is 6. The van der Waals surface area contributed by atoms with Gasteiger partial charge in [0, 0.05) is 5.41 Å². The van der Waals surface area contributed by atoms with Gasteiger partial charge in [-0.15, -0.1) is 0 Å². The fourth-order valence-electron chi connectivity index (χ4n) is 2.88. The summed E-state index contributed by atoms with van der Waals surface area (Å²) in [6, 6.07) is -0.773. The van der Waals surface area contributed by atoms with Gasteiger partial charge in [0.05, 0.1) is 18.8 Å². The van der Waals surface area contributed by atoms with E-state index in [0.717, 1.165) is 0 Å². The summed E-state index contributed by atoms with van der Waals surface area (Å²) in [5.41, 5.74) is -0.376. The molecule has 22 heavy (non-hydrogen) atoms. The first-order chi connectivity index (χ1) is 10.2. The van der Waals surface area contributed by atoms with Crippen molar-refractivity contribution in [3.05, 3.63) is 0 Å². The summed E-state index contributed by atoms with van der Waals surface area (Å²) < 4.78 is 5.72. The van der Waals surface area contributed by atoms with E-state index in [9.17, 15) is 25.5 Å². The Balaban J connectivity index is 2.07. The number of amidine groups is 1. The maximum atomic E-state index is 10.3. The maximum Gasteiger partial charge on any atom is 0.275 e. The number of nitrogens with one attached hydrogen (secondary N) is 2. The van der Waals surface area contributed by atoms with Crippen LogP contribution < -0.4 is 10.3 Å². The van der Waals surface area contributed by atoms with Crippen LogP contribution in [0.5, 0.6) is 0 Å². The summed E-state index contributed by atoms with van der Waals surface area (Å²) in [5.74, 6) is 0.199. The molecule has 2 aliphatic rings. The van der Waals surface area contributed by atoms with E-state index in [0.29, 0.717) is 0 Å². The van der Waals surface area contributed by atoms with E-state index in [4.69, 9.17) is 4.74 Å². The lowest BCUT2D eigenvalue weighted by Crippen LogP contribution is -2.85. The highest BCUT2D eigenvalue weighted by Crippen LogP contribution is 2.37. The van der Waals surface area contributed by atoms with Gasteiger partial charge in [-0.3, -0.25) is 10.3 Å². The average molecular weight is 319 g/mol. The lowest BCUT2D eigenvalue weighted by Gasteiger charge is -2.32. The van der Waals surface area contributed by atoms with Gasteiger partial charge in [-0.25, -0.2) is 0 Å². The van der Waals surface area contributed by atoms with Crippen LogP contribution in [-0.4, -0.2) is 87.2 Å². The minimum absolute atomic E-state index is 0.110. The van der Waals surface area contributed by atoms with Crippen molar-refractivity contribution in [2.45, 2.75) is 63.4 Å². The minimum atomic E-state index is -1.40. The van der Waals surface area contributed by atoms with Gasteiger partial charge in [0.25, 0.3) is 5.84 Å². The summed E-state index contributed by atoms with van der Waals surface area (Å²) in [6.45, 7) is 5.58. The topological polar surface area (TPSA) is 136 Å². The van der Waals surface area contributed by atoms with Crippen molar-refractivity contribution < 1.29 is 35.3 Å². The molecule has 8 nitrogen and oxygen atoms in total. The quantitative estimate of drug-likeness (QED) is 0.279. The van der Waals surface area contributed by atoms with Crippen molar-refractivity contribution in [2.75, 3.05) is 13.2 Å². The van der Waals surface area contributed by atoms with Crippen molar-refractivity contribution in [1.29, 1.82) is 0 Å². The van der Waals surface area contributed by atoms with Crippen LogP contribution in [0.3, 0.4) is 0 Å². The van der Waals surface area contributed by atoms with Crippen LogP contribution >= 0.6 is 0 Å². The van der Waals surface area contributed by atoms with Crippen LogP contribution in [0.4, 0.5) is 0 Å². The van der Waals surface area contributed by atoms with Crippen molar-refractivity contribution in [1.82, 2.24) is 5.32 Å². The van der Waals surface area contributed by atoms with E-state index in [2.05, 4.69) is 10.3 Å². The van der Waals surface area contributed by atoms with E-state index < -0.39 is 36.6 Å². The molecular weight excluding hydrogens is 292 g/mol. The first kappa shape index (κ1) is 17.6. The summed E-state index contributed by atoms with van der Waals surface area (Å²) >= 11 is 0. The Morgan fingerprint density at radius 1 is 1.18 bits per heavy atom. The first-order valence-corrected chi connectivity index (χ1v) is 7.56. The van der Waals surface area contributed by atoms with E-state index in [1.54, 1.807) is 0 Å². The molecule has 7 unspecified atom stereocenters. The van der Waals surface area contributed by atoms with Gasteiger partial charge in [-0.1, -0.05) is 13.8 Å². The molecule has 128 valence electrons. The molecular formula is C14H27N2O6+. The van der Waals surface area contributed by atoms with Gasteiger partial charge in [0.2, 0.25) is 0 Å². The first-order valence-electron chi connectivity index (χ1n) is 7.56. The largest absolute Gasteiger partial charge is 0.392 e. The molecule has 0 aliphatic carbocycles. The van der Waals surface area contributed by atoms with Crippen molar-refractivity contribution >= 4 is 5.84 Å². The Kier molecular flexibility index (Phi) is 5.10. The van der Waals surface area contributed by atoms with Crippen molar-refractivity contribution in [3.8, 4) is 0 Å². The van der Waals surface area contributed by atoms with Crippen LogP contribution in [0.25, 0.3) is 0 Å². The Morgan fingerprint density at radius 2 is 1.82 bits per heavy atom. The van der Waals surface area contributed by atoms with Gasteiger partial charge in [-0.2, -0.15) is 0 Å². The monoisotopic (exact) mass is 319 g/mol. The number of rotatable bonds is 3. The molecule has 2 aliphatic heterocycles. The van der Waals surface area contributed by atoms with Crippen molar-refractivity contribution in [3.63, 3.8) is 0 Å². The van der Waals surface area contributed by atoms with Gasteiger partial charge >= 0.3 is 0 Å². The van der Waals surface area contributed by atoms with E-state index in [1.165, 1.54) is 0 Å². The third kappa shape index (κ3) is 2.99. The Morgan fingerprint density at radius 3 is 2.32 bits per heavy atom. The maximum absolute atomic E-state index is 10.3. The molecule has 0 aromatic heterocycles. The van der Waals surface area contributed by atoms with E-state index in [1.807, 2.05) is 20.8 Å². The lowest BCUT2D eigenvalue weighted by molar-refractivity contribution is -0.479. The van der Waals surface area contributed by atoms with Crippen LogP contribution in [0, 0.1) is 5.41 Å². The zero-order chi connectivity index (χ0) is 16.7. The molecule has 0 aromatic rings. The van der Waals surface area contributed by atoms with Gasteiger partial charge < -0.3 is 30.3 Å². The second kappa shape index (κ2) is 6.38. The summed E-state index contributed by atoms with van der Waals surface area (Å²) in [4.78, 5) is 2.91. The molecule has 0 aromatic carbocycles. The average Bonchev–Trinajstić information content (AvgIpc) is 2.67. The number of ether oxygens (including phenoxy) is 1. The normalized spacial score (nSPS) is 46.7. The van der Waals surface area contributed by atoms with E-state index >= 15 is 0 Å². The fourth-order valence-corrected chi connectivity index (χ4v) is 2.88. The second-order valence-corrected chi connectivity index (χ2v) is 6.74. The zero-order valence-corrected chi connectivity index (χ0v) is 13.1. The highest BCUT2D eigenvalue weighted by Gasteiger charge is 2.49. The van der Waals surface area contributed by atoms with Crippen molar-refractivity contribution in [2.24, 2.45) is 5.41 Å². The fraction of sp³-hybridized carbons (Fsp3) is 0.929. The Hall–Kier alpha value is -0.770. The lowest BCUT2D eigenvalue weighted by atomic mass is 9.82. The van der Waals surface area contributed by atoms with Gasteiger partial charge in [0.1, 0.15) is 30.9 Å². The third-order valence-electron chi connectivity index (χ3n) is 4.95. The predicted molar refractivity (Wildman–Crippen MR) is 77.0 cm³/mol. The second-order valence-electron chi connectivity index (χ2n) is 6.74. The molecule has 2 fully saturated rings. The van der Waals surface area contributed by atoms with E-state index in [-0.39, 0.29) is 30.5 Å². The van der Waals surface area contributed by atoms with Crippen LogP contribution in [0.15, 0.2) is 0 Å². The number of aliphatic hydroxyl groups is 5. The summed E-state index contributed by atoms with van der Waals surface area (Å²) in [5, 5.41) is 51.7. The highest BCUT2D eigenvalue weighted by atomic mass is 16.5. The zero-order valence-electron chi connectivity index (χ0n) is 13.1. The molecule has 7 N–H and O–H groups in total. The number of piperidine rings is 1. The number of hydrogen-bond donors (Lipinski definition) is 7. The Bertz CT molecular complexity index is 428. The summed E-state index contributed by atoms with van der Waals surface area (Å²) in [7, 11) is 0. The molecule has 0 bridgehead atoms. The molecule has 0 radical (unpaired) electrons. The summed E-state index contributed by atoms with van der Waals surface area (Å²) in [6.07, 6.45) is -5.21. The Labute approximate surface area is 129 Å². The highest BCUT2D eigenvalue weighted by molar-refractivity contribution is 5.83. The minimum Gasteiger partial charge on any atom is -0.392 e. The molecule has 2 saturated heterocycles. The molecule has 2 heterocycles. The predicted octanol–water partition coefficient (Wildman–Crippen LogP) is -4.31. The molecule has 8 heteroatoms.